The smallest absolute Gasteiger partial charge is 0.326 e. The first kappa shape index (κ1) is 52.0. The van der Waals surface area contributed by atoms with E-state index in [1.165, 1.54) is 0 Å². The van der Waals surface area contributed by atoms with Crippen LogP contribution in [0.25, 0.3) is 0 Å². The average Bonchev–Trinajstić information content (AvgIpc) is 3.21. The molecule has 1 aromatic carbocycles. The molecule has 0 radical (unpaired) electrons. The van der Waals surface area contributed by atoms with E-state index < -0.39 is 35.8 Å². The van der Waals surface area contributed by atoms with E-state index >= 15 is 0 Å². The number of aliphatic carboxylic acids is 2. The van der Waals surface area contributed by atoms with Crippen LogP contribution < -0.4 is 26.6 Å². The summed E-state index contributed by atoms with van der Waals surface area (Å²) in [6.45, 7) is 2.16. The van der Waals surface area contributed by atoms with Gasteiger partial charge in [0.15, 0.2) is 0 Å². The summed E-state index contributed by atoms with van der Waals surface area (Å²) in [5.41, 5.74) is 1.10. The van der Waals surface area contributed by atoms with Gasteiger partial charge in [0.1, 0.15) is 31.6 Å². The molecule has 1 rings (SSSR count). The van der Waals surface area contributed by atoms with Crippen LogP contribution in [0.15, 0.2) is 30.3 Å². The molecule has 0 fully saturated rings. The lowest BCUT2D eigenvalue weighted by Crippen LogP contribution is -2.41. The molecule has 0 aliphatic heterocycles. The van der Waals surface area contributed by atoms with E-state index in [9.17, 15) is 48.6 Å². The Bertz CT molecular complexity index is 1380. The number of rotatable bonds is 38. The fourth-order valence-electron chi connectivity index (χ4n) is 5.35. The van der Waals surface area contributed by atoms with E-state index in [0.29, 0.717) is 51.7 Å². The van der Waals surface area contributed by atoms with Gasteiger partial charge in [-0.15, -0.1) is 0 Å². The lowest BCUT2D eigenvalue weighted by atomic mass is 10.1. The zero-order valence-electron chi connectivity index (χ0n) is 33.9. The summed E-state index contributed by atoms with van der Waals surface area (Å²) in [7, 11) is 0. The summed E-state index contributed by atoms with van der Waals surface area (Å²) in [5, 5.41) is 31.9. The molecule has 0 saturated heterocycles. The topological polar surface area (TPSA) is 274 Å². The molecule has 19 heteroatoms. The largest absolute Gasteiger partial charge is 0.480 e. The summed E-state index contributed by atoms with van der Waals surface area (Å²) in [5.74, 6) is -4.25. The molecule has 332 valence electrons. The number of carboxylic acid groups (broad SMARTS) is 2. The van der Waals surface area contributed by atoms with Gasteiger partial charge in [0, 0.05) is 45.3 Å². The van der Waals surface area contributed by atoms with Crippen LogP contribution in [-0.4, -0.2) is 143 Å². The third kappa shape index (κ3) is 30.7. The van der Waals surface area contributed by atoms with Crippen LogP contribution >= 0.6 is 0 Å². The monoisotopic (exact) mass is 837 g/mol. The van der Waals surface area contributed by atoms with Gasteiger partial charge in [0.25, 0.3) is 0 Å². The van der Waals surface area contributed by atoms with Gasteiger partial charge in [0.05, 0.1) is 39.6 Å². The molecule has 0 aliphatic rings. The molecule has 0 bridgehead atoms. The van der Waals surface area contributed by atoms with E-state index in [1.807, 2.05) is 30.3 Å². The molecular weight excluding hydrogens is 774 g/mol. The molecule has 19 nitrogen and oxygen atoms in total. The predicted molar refractivity (Wildman–Crippen MR) is 213 cm³/mol. The minimum atomic E-state index is -1.24. The van der Waals surface area contributed by atoms with Crippen LogP contribution in [0.2, 0.25) is 0 Å². The number of hydrogen-bond donors (Lipinski definition) is 7. The van der Waals surface area contributed by atoms with Crippen LogP contribution in [0, 0.1) is 0 Å². The standard InChI is InChI=1S/C40H63N5O14/c46-22-25-58-27-26-56-24-21-43-38(51)30-59-29-28-57-23-20-42-35(48)18-16-32(39(52)53)44-36(49)13-7-2-1-3-8-19-41-34(47)17-15-33(40(54)55)45-37(50)14-9-12-31-10-5-4-6-11-31/h4-6,10-11,22,32-33H,1-3,7-9,12-21,23-30H2,(H,41,47)(H,42,48)(H,43,51)(H,44,49)(H,45,50)(H,52,53)(H,54,55)/t32-,33-/m0/s1. The van der Waals surface area contributed by atoms with Crippen molar-refractivity contribution < 1.29 is 67.5 Å². The average molecular weight is 838 g/mol. The van der Waals surface area contributed by atoms with E-state index in [0.717, 1.165) is 24.8 Å². The maximum Gasteiger partial charge on any atom is 0.326 e. The van der Waals surface area contributed by atoms with Crippen LogP contribution in [0.3, 0.4) is 0 Å². The molecule has 2 atom stereocenters. The van der Waals surface area contributed by atoms with E-state index in [2.05, 4.69) is 26.6 Å². The number of nitrogens with one attached hydrogen (secondary N) is 5. The Labute approximate surface area is 345 Å². The molecule has 1 aromatic rings. The van der Waals surface area contributed by atoms with Crippen LogP contribution in [0.5, 0.6) is 0 Å². The summed E-state index contributed by atoms with van der Waals surface area (Å²) < 4.78 is 20.7. The first-order valence-corrected chi connectivity index (χ1v) is 20.1. The van der Waals surface area contributed by atoms with Gasteiger partial charge in [-0.25, -0.2) is 9.59 Å². The SMILES string of the molecule is O=CCOCCOCCNC(=O)COCCOCCNC(=O)CC[C@H](NC(=O)CCCCCCCNC(=O)CC[C@H](NC(=O)CCCc1ccccc1)C(=O)O)C(=O)O. The Morgan fingerprint density at radius 1 is 0.525 bits per heavy atom. The van der Waals surface area contributed by atoms with E-state index in [4.69, 9.17) is 18.9 Å². The van der Waals surface area contributed by atoms with Gasteiger partial charge < -0.3 is 60.5 Å². The number of carbonyl (C=O) groups excluding carboxylic acids is 6. The van der Waals surface area contributed by atoms with Crippen molar-refractivity contribution in [3.05, 3.63) is 35.9 Å². The van der Waals surface area contributed by atoms with Crippen molar-refractivity contribution in [1.29, 1.82) is 0 Å². The highest BCUT2D eigenvalue weighted by Crippen LogP contribution is 2.08. The van der Waals surface area contributed by atoms with Gasteiger partial charge in [0.2, 0.25) is 29.5 Å². The summed E-state index contributed by atoms with van der Waals surface area (Å²) in [6.07, 6.45) is 5.49. The Morgan fingerprint density at radius 2 is 1.02 bits per heavy atom. The number of hydrogen-bond acceptors (Lipinski definition) is 12. The lowest BCUT2D eigenvalue weighted by molar-refractivity contribution is -0.142. The number of aryl methyl sites for hydroxylation is 1. The molecule has 0 spiro atoms. The van der Waals surface area contributed by atoms with E-state index in [-0.39, 0.29) is 109 Å². The maximum absolute atomic E-state index is 12.3. The van der Waals surface area contributed by atoms with Crippen molar-refractivity contribution in [2.75, 3.05) is 72.5 Å². The number of unbranched alkanes of at least 4 members (excludes halogenated alkanes) is 4. The number of carbonyl (C=O) groups is 8. The predicted octanol–water partition coefficient (Wildman–Crippen LogP) is 0.663. The Kier molecular flexibility index (Phi) is 30.9. The van der Waals surface area contributed by atoms with Crippen molar-refractivity contribution in [2.24, 2.45) is 0 Å². The second-order valence-electron chi connectivity index (χ2n) is 13.4. The van der Waals surface area contributed by atoms with Crippen molar-refractivity contribution in [1.82, 2.24) is 26.6 Å². The van der Waals surface area contributed by atoms with E-state index in [1.54, 1.807) is 0 Å². The van der Waals surface area contributed by atoms with Gasteiger partial charge in [-0.3, -0.25) is 24.0 Å². The van der Waals surface area contributed by atoms with Gasteiger partial charge >= 0.3 is 11.9 Å². The second-order valence-corrected chi connectivity index (χ2v) is 13.4. The Balaban J connectivity index is 2.04. The van der Waals surface area contributed by atoms with Gasteiger partial charge in [-0.05, 0) is 44.1 Å². The van der Waals surface area contributed by atoms with Gasteiger partial charge in [-0.2, -0.15) is 0 Å². The minimum Gasteiger partial charge on any atom is -0.480 e. The number of amides is 5. The number of ether oxygens (including phenoxy) is 4. The highest BCUT2D eigenvalue weighted by Gasteiger charge is 2.22. The number of benzene rings is 1. The summed E-state index contributed by atoms with van der Waals surface area (Å²) in [4.78, 5) is 94.0. The molecule has 0 saturated carbocycles. The molecule has 7 N–H and O–H groups in total. The molecule has 0 aliphatic carbocycles. The van der Waals surface area contributed by atoms with Crippen molar-refractivity contribution in [3.8, 4) is 0 Å². The first-order valence-electron chi connectivity index (χ1n) is 20.1. The third-order valence-corrected chi connectivity index (χ3v) is 8.50. The quantitative estimate of drug-likeness (QED) is 0.0356. The molecule has 59 heavy (non-hydrogen) atoms. The summed E-state index contributed by atoms with van der Waals surface area (Å²) >= 11 is 0. The van der Waals surface area contributed by atoms with Crippen LogP contribution in [-0.2, 0) is 63.7 Å². The van der Waals surface area contributed by atoms with Gasteiger partial charge in [-0.1, -0.05) is 49.6 Å². The van der Waals surface area contributed by atoms with Crippen LogP contribution in [0.4, 0.5) is 0 Å². The molecular formula is C40H63N5O14. The zero-order chi connectivity index (χ0) is 43.4. The highest BCUT2D eigenvalue weighted by atomic mass is 16.5. The third-order valence-electron chi connectivity index (χ3n) is 8.50. The highest BCUT2D eigenvalue weighted by molar-refractivity contribution is 5.85. The zero-order valence-corrected chi connectivity index (χ0v) is 33.9. The molecule has 0 unspecified atom stereocenters. The fourth-order valence-corrected chi connectivity index (χ4v) is 5.35. The van der Waals surface area contributed by atoms with Crippen molar-refractivity contribution in [3.63, 3.8) is 0 Å². The van der Waals surface area contributed by atoms with Crippen LogP contribution in [0.1, 0.15) is 82.6 Å². The second kappa shape index (κ2) is 35.0. The van der Waals surface area contributed by atoms with Crippen molar-refractivity contribution in [2.45, 2.75) is 95.6 Å². The summed E-state index contributed by atoms with van der Waals surface area (Å²) in [6, 6.07) is 7.31. The Hall–Kier alpha value is -4.98. The maximum atomic E-state index is 12.3. The first-order chi connectivity index (χ1) is 28.5. The number of aldehydes is 1. The minimum absolute atomic E-state index is 0.0147. The molecule has 5 amide bonds. The number of carboxylic acids is 2. The molecule has 0 aromatic heterocycles. The normalized spacial score (nSPS) is 11.8. The van der Waals surface area contributed by atoms with Crippen molar-refractivity contribution >= 4 is 47.8 Å². The fraction of sp³-hybridized carbons (Fsp3) is 0.650. The Morgan fingerprint density at radius 3 is 1.59 bits per heavy atom. The lowest BCUT2D eigenvalue weighted by Gasteiger charge is -2.15. The molecule has 0 heterocycles.